The van der Waals surface area contributed by atoms with Crippen LogP contribution in [0.1, 0.15) is 79.9 Å². The van der Waals surface area contributed by atoms with Crippen LogP contribution < -0.4 is 5.46 Å². The van der Waals surface area contributed by atoms with Crippen molar-refractivity contribution in [3.05, 3.63) is 29.3 Å². The number of carbonyl (C=O) groups excluding carboxylic acids is 1. The largest absolute Gasteiger partial charge is 0.494 e. The van der Waals surface area contributed by atoms with E-state index in [1.807, 2.05) is 25.7 Å². The fraction of sp³-hybridized carbons (Fsp3) is 0.720. The van der Waals surface area contributed by atoms with Crippen LogP contribution in [-0.4, -0.2) is 47.5 Å². The summed E-state index contributed by atoms with van der Waals surface area (Å²) >= 11 is 0. The summed E-state index contributed by atoms with van der Waals surface area (Å²) in [4.78, 5) is 14.9. The zero-order chi connectivity index (χ0) is 23.0. The van der Waals surface area contributed by atoms with Gasteiger partial charge >= 0.3 is 13.2 Å². The predicted molar refractivity (Wildman–Crippen MR) is 124 cm³/mol. The first-order chi connectivity index (χ1) is 14.1. The van der Waals surface area contributed by atoms with Crippen LogP contribution in [0, 0.1) is 5.92 Å². The molecule has 0 unspecified atom stereocenters. The monoisotopic (exact) mass is 427 g/mol. The Kier molecular flexibility index (Phi) is 5.11. The van der Waals surface area contributed by atoms with E-state index in [1.54, 1.807) is 0 Å². The van der Waals surface area contributed by atoms with Crippen LogP contribution >= 0.6 is 0 Å². The molecule has 3 aliphatic rings. The highest BCUT2D eigenvalue weighted by Crippen LogP contribution is 2.48. The summed E-state index contributed by atoms with van der Waals surface area (Å²) in [5.41, 5.74) is 2.61. The molecule has 5 nitrogen and oxygen atoms in total. The number of ether oxygens (including phenoxy) is 1. The second-order valence-corrected chi connectivity index (χ2v) is 11.9. The van der Waals surface area contributed by atoms with E-state index >= 15 is 0 Å². The number of hydrogen-bond donors (Lipinski definition) is 0. The van der Waals surface area contributed by atoms with Crippen LogP contribution in [0.15, 0.2) is 18.2 Å². The highest BCUT2D eigenvalue weighted by molar-refractivity contribution is 6.62. The summed E-state index contributed by atoms with van der Waals surface area (Å²) in [5.74, 6) is 0.342. The average Bonchev–Trinajstić information content (AvgIpc) is 2.84. The highest BCUT2D eigenvalue weighted by atomic mass is 16.7. The molecule has 170 valence electrons. The molecule has 0 radical (unpaired) electrons. The summed E-state index contributed by atoms with van der Waals surface area (Å²) in [6.45, 7) is 19.5. The molecule has 1 aromatic rings. The van der Waals surface area contributed by atoms with Crippen molar-refractivity contribution in [1.82, 2.24) is 4.90 Å². The molecule has 2 heterocycles. The fourth-order valence-corrected chi connectivity index (χ4v) is 5.31. The van der Waals surface area contributed by atoms with Gasteiger partial charge in [0.2, 0.25) is 0 Å². The molecule has 2 bridgehead atoms. The first-order valence-electron chi connectivity index (χ1n) is 11.6. The number of nitrogens with zero attached hydrogens (tertiary/aromatic N) is 1. The molecule has 6 heteroatoms. The van der Waals surface area contributed by atoms with E-state index in [1.165, 1.54) is 11.1 Å². The zero-order valence-electron chi connectivity index (χ0n) is 20.7. The van der Waals surface area contributed by atoms with E-state index in [0.29, 0.717) is 5.92 Å². The lowest BCUT2D eigenvalue weighted by atomic mass is 9.58. The summed E-state index contributed by atoms with van der Waals surface area (Å²) < 4.78 is 18.3. The molecule has 2 aliphatic heterocycles. The van der Waals surface area contributed by atoms with Gasteiger partial charge in [-0.25, -0.2) is 4.79 Å². The van der Waals surface area contributed by atoms with Crippen LogP contribution in [0.4, 0.5) is 4.79 Å². The number of benzene rings is 1. The van der Waals surface area contributed by atoms with E-state index < -0.39 is 5.60 Å². The Morgan fingerprint density at radius 1 is 1.13 bits per heavy atom. The lowest BCUT2D eigenvalue weighted by Gasteiger charge is -2.54. The molecule has 4 rings (SSSR count). The molecular weight excluding hydrogens is 389 g/mol. The molecule has 2 saturated heterocycles. The molecule has 2 fully saturated rings. The summed E-state index contributed by atoms with van der Waals surface area (Å²) in [6, 6.07) is 6.80. The van der Waals surface area contributed by atoms with Crippen molar-refractivity contribution in [2.24, 2.45) is 5.92 Å². The van der Waals surface area contributed by atoms with Gasteiger partial charge in [-0.2, -0.15) is 0 Å². The average molecular weight is 427 g/mol. The van der Waals surface area contributed by atoms with Gasteiger partial charge < -0.3 is 18.9 Å². The van der Waals surface area contributed by atoms with Crippen molar-refractivity contribution in [2.45, 2.75) is 103 Å². The molecular formula is C25H38BNO4. The standard InChI is InChI=1S/C25H38BNO4/c1-16-20-14-17-10-11-18(26-30-23(5,6)24(7,8)31-26)15-19(17)25(16,9)12-13-27(20)21(28)29-22(2,3)4/h10-11,15-16,20H,12-14H2,1-9H3/t16-,20-,25-/m1/s1. The van der Waals surface area contributed by atoms with Gasteiger partial charge in [0.15, 0.2) is 0 Å². The van der Waals surface area contributed by atoms with Crippen molar-refractivity contribution in [3.8, 4) is 0 Å². The molecule has 0 aromatic heterocycles. The van der Waals surface area contributed by atoms with Crippen molar-refractivity contribution < 1.29 is 18.8 Å². The number of amides is 1. The smallest absolute Gasteiger partial charge is 0.444 e. The Hall–Kier alpha value is -1.53. The molecule has 1 aromatic carbocycles. The minimum Gasteiger partial charge on any atom is -0.444 e. The minimum absolute atomic E-state index is 0.0103. The van der Waals surface area contributed by atoms with Crippen molar-refractivity contribution >= 4 is 18.7 Å². The number of likely N-dealkylation sites (tertiary alicyclic amines) is 1. The normalized spacial score (nSPS) is 31.4. The van der Waals surface area contributed by atoms with Gasteiger partial charge in [-0.3, -0.25) is 0 Å². The lowest BCUT2D eigenvalue weighted by Crippen LogP contribution is -2.60. The van der Waals surface area contributed by atoms with Gasteiger partial charge in [0.1, 0.15) is 5.60 Å². The second-order valence-electron chi connectivity index (χ2n) is 11.9. The molecule has 3 atom stereocenters. The predicted octanol–water partition coefficient (Wildman–Crippen LogP) is 4.45. The number of fused-ring (bicyclic) bond motifs is 4. The van der Waals surface area contributed by atoms with E-state index in [4.69, 9.17) is 14.0 Å². The van der Waals surface area contributed by atoms with Crippen LogP contribution in [0.3, 0.4) is 0 Å². The van der Waals surface area contributed by atoms with Gasteiger partial charge in [-0.1, -0.05) is 32.0 Å². The van der Waals surface area contributed by atoms with Crippen molar-refractivity contribution in [1.29, 1.82) is 0 Å². The van der Waals surface area contributed by atoms with Crippen LogP contribution in [0.25, 0.3) is 0 Å². The van der Waals surface area contributed by atoms with Crippen LogP contribution in [0.5, 0.6) is 0 Å². The first kappa shape index (κ1) is 22.7. The molecule has 31 heavy (non-hydrogen) atoms. The Labute approximate surface area is 188 Å². The summed E-state index contributed by atoms with van der Waals surface area (Å²) in [7, 11) is -0.353. The Balaban J connectivity index is 1.64. The third kappa shape index (κ3) is 3.70. The third-order valence-corrected chi connectivity index (χ3v) is 8.19. The maximum atomic E-state index is 12.9. The minimum atomic E-state index is -0.481. The maximum absolute atomic E-state index is 12.9. The third-order valence-electron chi connectivity index (χ3n) is 8.19. The zero-order valence-corrected chi connectivity index (χ0v) is 20.7. The number of carbonyl (C=O) groups is 1. The molecule has 0 saturated carbocycles. The van der Waals surface area contributed by atoms with Crippen LogP contribution in [0.2, 0.25) is 0 Å². The Bertz CT molecular complexity index is 874. The van der Waals surface area contributed by atoms with Crippen molar-refractivity contribution in [3.63, 3.8) is 0 Å². The first-order valence-corrected chi connectivity index (χ1v) is 11.6. The highest BCUT2D eigenvalue weighted by Gasteiger charge is 2.53. The molecule has 0 N–H and O–H groups in total. The maximum Gasteiger partial charge on any atom is 0.494 e. The van der Waals surface area contributed by atoms with Gasteiger partial charge in [0.05, 0.1) is 11.2 Å². The summed E-state index contributed by atoms with van der Waals surface area (Å²) in [5, 5.41) is 0. The van der Waals surface area contributed by atoms with Gasteiger partial charge in [-0.15, -0.1) is 0 Å². The van der Waals surface area contributed by atoms with Crippen molar-refractivity contribution in [2.75, 3.05) is 6.54 Å². The van der Waals surface area contributed by atoms with Gasteiger partial charge in [0, 0.05) is 12.6 Å². The Morgan fingerprint density at radius 2 is 1.74 bits per heavy atom. The summed E-state index contributed by atoms with van der Waals surface area (Å²) in [6.07, 6.45) is 1.59. The van der Waals surface area contributed by atoms with Crippen LogP contribution in [-0.2, 0) is 25.9 Å². The quantitative estimate of drug-likeness (QED) is 0.622. The van der Waals surface area contributed by atoms with E-state index in [0.717, 1.165) is 24.8 Å². The second kappa shape index (κ2) is 6.98. The van der Waals surface area contributed by atoms with E-state index in [2.05, 4.69) is 59.7 Å². The molecule has 1 amide bonds. The lowest BCUT2D eigenvalue weighted by molar-refractivity contribution is -0.0164. The number of piperidine rings is 1. The SMILES string of the molecule is C[C@@H]1[C@H]2Cc3ccc(B4OC(C)(C)C(C)(C)O4)cc3[C@]1(C)CCN2C(=O)OC(C)(C)C. The molecule has 0 spiro atoms. The van der Waals surface area contributed by atoms with Gasteiger partial charge in [0.25, 0.3) is 0 Å². The number of rotatable bonds is 1. The van der Waals surface area contributed by atoms with E-state index in [9.17, 15) is 4.79 Å². The Morgan fingerprint density at radius 3 is 2.32 bits per heavy atom. The molecule has 1 aliphatic carbocycles. The van der Waals surface area contributed by atoms with E-state index in [-0.39, 0.29) is 35.9 Å². The van der Waals surface area contributed by atoms with Gasteiger partial charge in [-0.05, 0) is 89.2 Å². The topological polar surface area (TPSA) is 48.0 Å². The number of hydrogen-bond acceptors (Lipinski definition) is 4. The fourth-order valence-electron chi connectivity index (χ4n) is 5.31.